The largest absolute Gasteiger partial charge is 0.383 e. The van der Waals surface area contributed by atoms with Gasteiger partial charge in [-0.05, 0) is 33.4 Å². The van der Waals surface area contributed by atoms with Crippen molar-refractivity contribution in [2.24, 2.45) is 0 Å². The number of ether oxygens (including phenoxy) is 1. The summed E-state index contributed by atoms with van der Waals surface area (Å²) in [4.78, 5) is 2.42. The Balaban J connectivity index is 2.20. The second-order valence-electron chi connectivity index (χ2n) is 3.93. The standard InChI is InChI=1S/C10H22N2O/c1-11-9-4-5-10(8-9)12(2)6-7-13-3/h9-11H,4-8H2,1-3H3. The number of hydrogen-bond acceptors (Lipinski definition) is 3. The highest BCUT2D eigenvalue weighted by atomic mass is 16.5. The van der Waals surface area contributed by atoms with E-state index in [9.17, 15) is 0 Å². The maximum atomic E-state index is 5.07. The van der Waals surface area contributed by atoms with Crippen molar-refractivity contribution in [1.29, 1.82) is 0 Å². The Kier molecular flexibility index (Phi) is 4.70. The summed E-state index contributed by atoms with van der Waals surface area (Å²) >= 11 is 0. The van der Waals surface area contributed by atoms with Gasteiger partial charge in [0.1, 0.15) is 0 Å². The third-order valence-electron chi connectivity index (χ3n) is 3.08. The van der Waals surface area contributed by atoms with Gasteiger partial charge in [-0.3, -0.25) is 0 Å². The zero-order chi connectivity index (χ0) is 9.68. The van der Waals surface area contributed by atoms with Crippen molar-refractivity contribution >= 4 is 0 Å². The lowest BCUT2D eigenvalue weighted by Gasteiger charge is -2.23. The van der Waals surface area contributed by atoms with Gasteiger partial charge < -0.3 is 15.0 Å². The summed E-state index contributed by atoms with van der Waals surface area (Å²) in [5.74, 6) is 0. The van der Waals surface area contributed by atoms with E-state index in [2.05, 4.69) is 24.3 Å². The molecule has 3 nitrogen and oxygen atoms in total. The summed E-state index contributed by atoms with van der Waals surface area (Å²) in [5.41, 5.74) is 0. The third kappa shape index (κ3) is 3.25. The van der Waals surface area contributed by atoms with Crippen LogP contribution >= 0.6 is 0 Å². The van der Waals surface area contributed by atoms with Gasteiger partial charge in [0, 0.05) is 25.7 Å². The van der Waals surface area contributed by atoms with Crippen molar-refractivity contribution in [2.75, 3.05) is 34.4 Å². The first-order valence-electron chi connectivity index (χ1n) is 5.14. The van der Waals surface area contributed by atoms with E-state index < -0.39 is 0 Å². The van der Waals surface area contributed by atoms with E-state index in [4.69, 9.17) is 4.74 Å². The first-order chi connectivity index (χ1) is 6.27. The van der Waals surface area contributed by atoms with Crippen LogP contribution in [0.4, 0.5) is 0 Å². The lowest BCUT2D eigenvalue weighted by molar-refractivity contribution is 0.139. The maximum Gasteiger partial charge on any atom is 0.0589 e. The minimum absolute atomic E-state index is 0.731. The third-order valence-corrected chi connectivity index (χ3v) is 3.08. The van der Waals surface area contributed by atoms with Crippen LogP contribution in [0.25, 0.3) is 0 Å². The van der Waals surface area contributed by atoms with Gasteiger partial charge in [-0.1, -0.05) is 0 Å². The van der Waals surface area contributed by atoms with Crippen LogP contribution in [0.1, 0.15) is 19.3 Å². The van der Waals surface area contributed by atoms with E-state index in [1.165, 1.54) is 19.3 Å². The van der Waals surface area contributed by atoms with Crippen molar-refractivity contribution in [3.8, 4) is 0 Å². The molecule has 1 N–H and O–H groups in total. The van der Waals surface area contributed by atoms with Crippen molar-refractivity contribution < 1.29 is 4.74 Å². The zero-order valence-corrected chi connectivity index (χ0v) is 9.05. The summed E-state index contributed by atoms with van der Waals surface area (Å²) in [5, 5.41) is 3.35. The summed E-state index contributed by atoms with van der Waals surface area (Å²) in [6.07, 6.45) is 3.93. The molecule has 0 bridgehead atoms. The first kappa shape index (κ1) is 11.0. The van der Waals surface area contributed by atoms with Crippen molar-refractivity contribution in [3.63, 3.8) is 0 Å². The van der Waals surface area contributed by atoms with Crippen LogP contribution in [0.15, 0.2) is 0 Å². The molecule has 0 aromatic heterocycles. The van der Waals surface area contributed by atoms with Gasteiger partial charge in [0.2, 0.25) is 0 Å². The Bertz CT molecular complexity index is 141. The molecule has 0 saturated heterocycles. The highest BCUT2D eigenvalue weighted by Crippen LogP contribution is 2.22. The topological polar surface area (TPSA) is 24.5 Å². The smallest absolute Gasteiger partial charge is 0.0589 e. The van der Waals surface area contributed by atoms with E-state index in [-0.39, 0.29) is 0 Å². The SMILES string of the molecule is CNC1CCC(N(C)CCOC)C1. The average Bonchev–Trinajstić information content (AvgIpc) is 2.62. The maximum absolute atomic E-state index is 5.07. The predicted molar refractivity (Wildman–Crippen MR) is 55.0 cm³/mol. The molecule has 2 atom stereocenters. The molecule has 1 aliphatic carbocycles. The lowest BCUT2D eigenvalue weighted by atomic mass is 10.2. The predicted octanol–water partition coefficient (Wildman–Crippen LogP) is 0.705. The molecular formula is C10H22N2O. The Morgan fingerprint density at radius 2 is 2.23 bits per heavy atom. The van der Waals surface area contributed by atoms with Crippen molar-refractivity contribution in [2.45, 2.75) is 31.3 Å². The first-order valence-corrected chi connectivity index (χ1v) is 5.14. The highest BCUT2D eigenvalue weighted by Gasteiger charge is 2.25. The van der Waals surface area contributed by atoms with E-state index in [0.717, 1.165) is 25.2 Å². The number of nitrogens with one attached hydrogen (secondary N) is 1. The van der Waals surface area contributed by atoms with Gasteiger partial charge in [-0.25, -0.2) is 0 Å². The Hall–Kier alpha value is -0.120. The van der Waals surface area contributed by atoms with E-state index in [0.29, 0.717) is 0 Å². The molecule has 78 valence electrons. The minimum Gasteiger partial charge on any atom is -0.383 e. The van der Waals surface area contributed by atoms with Crippen LogP contribution in [-0.4, -0.2) is 51.3 Å². The second-order valence-corrected chi connectivity index (χ2v) is 3.93. The molecule has 1 aliphatic rings. The van der Waals surface area contributed by atoms with Gasteiger partial charge >= 0.3 is 0 Å². The number of nitrogens with zero attached hydrogens (tertiary/aromatic N) is 1. The van der Waals surface area contributed by atoms with Crippen LogP contribution in [-0.2, 0) is 4.74 Å². The normalized spacial score (nSPS) is 28.6. The fraction of sp³-hybridized carbons (Fsp3) is 1.00. The molecule has 1 saturated carbocycles. The van der Waals surface area contributed by atoms with Crippen LogP contribution in [0.5, 0.6) is 0 Å². The van der Waals surface area contributed by atoms with Gasteiger partial charge in [0.15, 0.2) is 0 Å². The summed E-state index contributed by atoms with van der Waals surface area (Å²) in [6.45, 7) is 1.90. The molecule has 0 amide bonds. The van der Waals surface area contributed by atoms with Crippen LogP contribution in [0.3, 0.4) is 0 Å². The zero-order valence-electron chi connectivity index (χ0n) is 9.05. The lowest BCUT2D eigenvalue weighted by Crippen LogP contribution is -2.34. The van der Waals surface area contributed by atoms with E-state index >= 15 is 0 Å². The average molecular weight is 186 g/mol. The highest BCUT2D eigenvalue weighted by molar-refractivity contribution is 4.84. The molecule has 0 aromatic carbocycles. The number of rotatable bonds is 5. The van der Waals surface area contributed by atoms with Crippen LogP contribution < -0.4 is 5.32 Å². The number of likely N-dealkylation sites (N-methyl/N-ethyl adjacent to an activating group) is 1. The van der Waals surface area contributed by atoms with Gasteiger partial charge in [0.25, 0.3) is 0 Å². The molecular weight excluding hydrogens is 164 g/mol. The van der Waals surface area contributed by atoms with E-state index in [1.807, 2.05) is 0 Å². The fourth-order valence-electron chi connectivity index (χ4n) is 2.04. The summed E-state index contributed by atoms with van der Waals surface area (Å²) < 4.78 is 5.07. The molecule has 0 heterocycles. The Morgan fingerprint density at radius 1 is 1.46 bits per heavy atom. The monoisotopic (exact) mass is 186 g/mol. The van der Waals surface area contributed by atoms with Crippen molar-refractivity contribution in [1.82, 2.24) is 10.2 Å². The molecule has 0 aromatic rings. The molecule has 0 radical (unpaired) electrons. The Labute approximate surface area is 81.4 Å². The molecule has 0 spiro atoms. The van der Waals surface area contributed by atoms with Gasteiger partial charge in [-0.2, -0.15) is 0 Å². The Morgan fingerprint density at radius 3 is 2.77 bits per heavy atom. The summed E-state index contributed by atoms with van der Waals surface area (Å²) in [6, 6.07) is 1.49. The molecule has 2 unspecified atom stereocenters. The molecule has 13 heavy (non-hydrogen) atoms. The van der Waals surface area contributed by atoms with Crippen LogP contribution in [0, 0.1) is 0 Å². The number of methoxy groups -OCH3 is 1. The number of hydrogen-bond donors (Lipinski definition) is 1. The minimum atomic E-state index is 0.731. The molecule has 1 fully saturated rings. The molecule has 0 aliphatic heterocycles. The summed E-state index contributed by atoms with van der Waals surface area (Å²) in [7, 11) is 6.02. The van der Waals surface area contributed by atoms with E-state index in [1.54, 1.807) is 7.11 Å². The molecule has 3 heteroatoms. The second kappa shape index (κ2) is 5.58. The van der Waals surface area contributed by atoms with Gasteiger partial charge in [0.05, 0.1) is 6.61 Å². The quantitative estimate of drug-likeness (QED) is 0.684. The fourth-order valence-corrected chi connectivity index (χ4v) is 2.04. The molecule has 1 rings (SSSR count). The van der Waals surface area contributed by atoms with Crippen molar-refractivity contribution in [3.05, 3.63) is 0 Å². The van der Waals surface area contributed by atoms with Gasteiger partial charge in [-0.15, -0.1) is 0 Å². The van der Waals surface area contributed by atoms with Crippen LogP contribution in [0.2, 0.25) is 0 Å².